The summed E-state index contributed by atoms with van der Waals surface area (Å²) in [5.74, 6) is 1.68. The van der Waals surface area contributed by atoms with Gasteiger partial charge in [0.15, 0.2) is 0 Å². The first-order valence-corrected chi connectivity index (χ1v) is 2.14. The molecule has 0 saturated carbocycles. The Bertz CT molecular complexity index is 144. The van der Waals surface area contributed by atoms with Crippen molar-refractivity contribution in [3.8, 4) is 0 Å². The fourth-order valence-electron chi connectivity index (χ4n) is 0.455. The number of nitrogens with zero attached hydrogens (tertiary/aromatic N) is 2. The molecule has 0 amide bonds. The molecule has 0 saturated heterocycles. The molecule has 1 aromatic heterocycles. The second kappa shape index (κ2) is 3.22. The third-order valence-electron chi connectivity index (χ3n) is 0.709. The molecule has 1 aromatic rings. The van der Waals surface area contributed by atoms with Gasteiger partial charge in [-0.2, -0.15) is 5.10 Å². The second-order valence-electron chi connectivity index (χ2n) is 1.47. The molecule has 0 atom stereocenters. The maximum absolute atomic E-state index is 3.94. The number of rotatable bonds is 0. The third kappa shape index (κ3) is 1.94. The van der Waals surface area contributed by atoms with E-state index in [1.807, 2.05) is 13.8 Å². The molecule has 0 aliphatic carbocycles. The number of aromatic amines is 1. The average Bonchev–Trinajstić information content (AvgIpc) is 1.87. The number of H-pyrrole nitrogens is 1. The summed E-state index contributed by atoms with van der Waals surface area (Å²) in [6.45, 7) is 3.73. The minimum absolute atomic E-state index is 0. The predicted molar refractivity (Wildman–Crippen MR) is 33.0 cm³/mol. The SMILES string of the molecule is Cc1n[nH]c(C)n1.[NaH]. The Labute approximate surface area is 70.2 Å². The van der Waals surface area contributed by atoms with E-state index >= 15 is 0 Å². The van der Waals surface area contributed by atoms with Crippen LogP contribution in [0.15, 0.2) is 0 Å². The number of aryl methyl sites for hydroxylation is 2. The fourth-order valence-corrected chi connectivity index (χ4v) is 0.455. The van der Waals surface area contributed by atoms with Crippen molar-refractivity contribution in [2.45, 2.75) is 13.8 Å². The zero-order valence-electron chi connectivity index (χ0n) is 4.39. The van der Waals surface area contributed by atoms with Crippen molar-refractivity contribution in [1.82, 2.24) is 15.2 Å². The molecule has 40 valence electrons. The summed E-state index contributed by atoms with van der Waals surface area (Å²) in [6, 6.07) is 0. The van der Waals surface area contributed by atoms with Gasteiger partial charge in [-0.05, 0) is 13.8 Å². The molecule has 0 aliphatic heterocycles. The van der Waals surface area contributed by atoms with Crippen molar-refractivity contribution in [1.29, 1.82) is 0 Å². The second-order valence-corrected chi connectivity index (χ2v) is 1.47. The number of hydrogen-bond donors (Lipinski definition) is 1. The van der Waals surface area contributed by atoms with Gasteiger partial charge < -0.3 is 0 Å². The number of hydrogen-bond acceptors (Lipinski definition) is 2. The average molecular weight is 121 g/mol. The van der Waals surface area contributed by atoms with Crippen LogP contribution in [0.25, 0.3) is 0 Å². The molecule has 0 bridgehead atoms. The summed E-state index contributed by atoms with van der Waals surface area (Å²) in [5, 5.41) is 6.49. The number of nitrogens with one attached hydrogen (secondary N) is 1. The Hall–Kier alpha value is 0.140. The van der Waals surface area contributed by atoms with Crippen LogP contribution in [0.5, 0.6) is 0 Å². The molecule has 0 aliphatic rings. The first-order valence-electron chi connectivity index (χ1n) is 2.14. The van der Waals surface area contributed by atoms with Crippen molar-refractivity contribution in [2.75, 3.05) is 0 Å². The summed E-state index contributed by atoms with van der Waals surface area (Å²) in [5.41, 5.74) is 0. The van der Waals surface area contributed by atoms with Crippen LogP contribution in [0.1, 0.15) is 11.6 Å². The van der Waals surface area contributed by atoms with Crippen LogP contribution >= 0.6 is 0 Å². The van der Waals surface area contributed by atoms with Crippen LogP contribution < -0.4 is 0 Å². The van der Waals surface area contributed by atoms with Crippen molar-refractivity contribution in [2.24, 2.45) is 0 Å². The number of aromatic nitrogens is 3. The topological polar surface area (TPSA) is 41.6 Å². The van der Waals surface area contributed by atoms with E-state index in [2.05, 4.69) is 15.2 Å². The van der Waals surface area contributed by atoms with Gasteiger partial charge >= 0.3 is 29.6 Å². The minimum atomic E-state index is 0. The Morgan fingerprint density at radius 3 is 2.12 bits per heavy atom. The Kier molecular flexibility index (Phi) is 3.28. The molecule has 0 radical (unpaired) electrons. The molecule has 0 unspecified atom stereocenters. The fraction of sp³-hybridized carbons (Fsp3) is 0.500. The van der Waals surface area contributed by atoms with Crippen LogP contribution in [0, 0.1) is 13.8 Å². The molecular weight excluding hydrogens is 113 g/mol. The van der Waals surface area contributed by atoms with E-state index in [1.54, 1.807) is 0 Å². The van der Waals surface area contributed by atoms with E-state index in [9.17, 15) is 0 Å². The van der Waals surface area contributed by atoms with Crippen LogP contribution in [-0.4, -0.2) is 44.7 Å². The maximum atomic E-state index is 3.94. The van der Waals surface area contributed by atoms with Crippen molar-refractivity contribution < 1.29 is 0 Å². The summed E-state index contributed by atoms with van der Waals surface area (Å²) in [6.07, 6.45) is 0. The Morgan fingerprint density at radius 1 is 1.38 bits per heavy atom. The van der Waals surface area contributed by atoms with E-state index in [1.165, 1.54) is 0 Å². The standard InChI is InChI=1S/C4H7N3.Na.H/c1-3-5-4(2)7-6-3;;/h1-2H3,(H,5,6,7);;. The van der Waals surface area contributed by atoms with Crippen molar-refractivity contribution >= 4 is 29.6 Å². The molecule has 0 fully saturated rings. The third-order valence-corrected chi connectivity index (χ3v) is 0.709. The molecule has 8 heavy (non-hydrogen) atoms. The van der Waals surface area contributed by atoms with Gasteiger partial charge in [-0.15, -0.1) is 0 Å². The van der Waals surface area contributed by atoms with E-state index in [4.69, 9.17) is 0 Å². The summed E-state index contributed by atoms with van der Waals surface area (Å²) >= 11 is 0. The molecule has 1 heterocycles. The van der Waals surface area contributed by atoms with Gasteiger partial charge in [0.1, 0.15) is 11.6 Å². The quantitative estimate of drug-likeness (QED) is 0.482. The monoisotopic (exact) mass is 121 g/mol. The van der Waals surface area contributed by atoms with E-state index < -0.39 is 0 Å². The van der Waals surface area contributed by atoms with Crippen LogP contribution in [-0.2, 0) is 0 Å². The molecule has 0 spiro atoms. The zero-order chi connectivity index (χ0) is 5.28. The van der Waals surface area contributed by atoms with E-state index in [0.717, 1.165) is 11.6 Å². The summed E-state index contributed by atoms with van der Waals surface area (Å²) < 4.78 is 0. The summed E-state index contributed by atoms with van der Waals surface area (Å²) in [7, 11) is 0. The van der Waals surface area contributed by atoms with Gasteiger partial charge in [-0.25, -0.2) is 4.98 Å². The molecule has 0 aromatic carbocycles. The van der Waals surface area contributed by atoms with Crippen LogP contribution in [0.3, 0.4) is 0 Å². The molecule has 3 nitrogen and oxygen atoms in total. The molecule has 4 heteroatoms. The Balaban J connectivity index is 0.000000490. The van der Waals surface area contributed by atoms with Gasteiger partial charge in [0.25, 0.3) is 0 Å². The van der Waals surface area contributed by atoms with Gasteiger partial charge in [0.2, 0.25) is 0 Å². The van der Waals surface area contributed by atoms with Crippen LogP contribution in [0.2, 0.25) is 0 Å². The Morgan fingerprint density at radius 2 is 2.00 bits per heavy atom. The van der Waals surface area contributed by atoms with Crippen molar-refractivity contribution in [3.63, 3.8) is 0 Å². The molecule has 1 N–H and O–H groups in total. The van der Waals surface area contributed by atoms with Crippen LogP contribution in [0.4, 0.5) is 0 Å². The van der Waals surface area contributed by atoms with E-state index in [-0.39, 0.29) is 29.6 Å². The summed E-state index contributed by atoms with van der Waals surface area (Å²) in [4.78, 5) is 3.94. The molecular formula is C4H8N3Na. The van der Waals surface area contributed by atoms with Gasteiger partial charge in [0, 0.05) is 0 Å². The van der Waals surface area contributed by atoms with E-state index in [0.29, 0.717) is 0 Å². The molecule has 1 rings (SSSR count). The first-order chi connectivity index (χ1) is 3.29. The predicted octanol–water partition coefficient (Wildman–Crippen LogP) is -0.227. The van der Waals surface area contributed by atoms with Crippen molar-refractivity contribution in [3.05, 3.63) is 11.6 Å². The van der Waals surface area contributed by atoms with Gasteiger partial charge in [-0.3, -0.25) is 5.10 Å². The van der Waals surface area contributed by atoms with Gasteiger partial charge in [-0.1, -0.05) is 0 Å². The van der Waals surface area contributed by atoms with Gasteiger partial charge in [0.05, 0.1) is 0 Å². The first kappa shape index (κ1) is 8.14. The zero-order valence-corrected chi connectivity index (χ0v) is 4.39. The normalized spacial score (nSPS) is 8.25.